The number of pyridine rings is 1. The monoisotopic (exact) mass is 1180 g/mol. The number of benzene rings is 5. The molecule has 27 heteroatoms. The molecule has 0 aliphatic heterocycles. The van der Waals surface area contributed by atoms with Crippen LogP contribution < -0.4 is 31.4 Å². The average molecular weight is 1180 g/mol. The molecular weight excluding hydrogens is 1130 g/mol. The van der Waals surface area contributed by atoms with Crippen LogP contribution in [0.4, 0.5) is 105 Å². The van der Waals surface area contributed by atoms with Crippen molar-refractivity contribution in [1.82, 2.24) is 0 Å². The normalized spacial score (nSPS) is 13.3. The van der Waals surface area contributed by atoms with E-state index in [0.717, 1.165) is 5.75 Å². The zero-order chi connectivity index (χ0) is 60.1. The maximum Gasteiger partial charge on any atom is 0.416 e. The third kappa shape index (κ3) is 16.8. The molecule has 0 saturated carbocycles. The summed E-state index contributed by atoms with van der Waals surface area (Å²) in [5.41, 5.74) is -28.8. The van der Waals surface area contributed by atoms with Crippen LogP contribution in [0.5, 0.6) is 5.75 Å². The zero-order valence-electron chi connectivity index (χ0n) is 41.0. The standard InChI is InChI=1S/C32H12BF24.C21H30NO/c34-25(35,36)13-1-14(26(37,38)39)6-21(5-13)33(22-7-15(27(40,41)42)2-16(8-22)28(43,44)45,23-9-17(29(46,47)48)3-18(10-23)30(49,50)51)24-11-19(31(52,53)54)4-20(12-24)32(55,56)57;1-2-3-4-5-6-7-8-10-13-20-14-16-21(17-15-20)23-22-18-11-9-12-19-22/h1-12H;9,11-12,14-19H,2-8,10,13H2,1H3/q-1;+1. The summed E-state index contributed by atoms with van der Waals surface area (Å²) in [6.07, 6.45) is -38.8. The summed E-state index contributed by atoms with van der Waals surface area (Å²) in [4.78, 5) is 5.74. The minimum Gasteiger partial charge on any atom is -0.232 e. The van der Waals surface area contributed by atoms with E-state index < -0.39 is 195 Å². The smallest absolute Gasteiger partial charge is 0.232 e. The number of hydrogen-bond acceptors (Lipinski definition) is 1. The van der Waals surface area contributed by atoms with E-state index in [2.05, 4.69) is 31.2 Å². The van der Waals surface area contributed by atoms with Gasteiger partial charge in [0.1, 0.15) is 6.15 Å². The Morgan fingerprint density at radius 1 is 0.325 bits per heavy atom. The molecule has 6 rings (SSSR count). The lowest BCUT2D eigenvalue weighted by atomic mass is 9.12. The number of halogens is 24. The first-order valence-corrected chi connectivity index (χ1v) is 23.7. The van der Waals surface area contributed by atoms with E-state index in [0.29, 0.717) is 0 Å². The second kappa shape index (κ2) is 24.3. The lowest BCUT2D eigenvalue weighted by Crippen LogP contribution is -2.75. The first-order valence-electron chi connectivity index (χ1n) is 23.7. The maximum atomic E-state index is 14.2. The molecule has 0 saturated heterocycles. The van der Waals surface area contributed by atoms with Crippen LogP contribution in [0.2, 0.25) is 0 Å². The Morgan fingerprint density at radius 2 is 0.575 bits per heavy atom. The highest BCUT2D eigenvalue weighted by Gasteiger charge is 2.47. The number of aryl methyl sites for hydroxylation is 1. The molecule has 436 valence electrons. The van der Waals surface area contributed by atoms with Crippen LogP contribution in [0.15, 0.2) is 128 Å². The lowest BCUT2D eigenvalue weighted by molar-refractivity contribution is -0.875. The van der Waals surface area contributed by atoms with E-state index in [1.165, 1.54) is 63.4 Å². The summed E-state index contributed by atoms with van der Waals surface area (Å²) in [6, 6.07) is 5.55. The number of rotatable bonds is 15. The summed E-state index contributed by atoms with van der Waals surface area (Å²) in [5, 5.41) is 0. The Balaban J connectivity index is 0.000000424. The van der Waals surface area contributed by atoms with Crippen molar-refractivity contribution in [2.75, 3.05) is 0 Å². The molecule has 0 bridgehead atoms. The van der Waals surface area contributed by atoms with Crippen molar-refractivity contribution < 1.29 is 115 Å². The predicted molar refractivity (Wildman–Crippen MR) is 245 cm³/mol. The SMILES string of the molecule is CCCCCCCCCCc1ccc(O[n+]2ccccc2)cc1.FC(F)(F)c1cc([B-](c2cc(C(F)(F)F)cc(C(F)(F)F)c2)(c2cc(C(F)(F)F)cc(C(F)(F)F)c2)c2cc(C(F)(F)F)cc(C(F)(F)F)c2)cc(C(F)(F)F)c1. The van der Waals surface area contributed by atoms with Crippen molar-refractivity contribution in [3.63, 3.8) is 0 Å². The van der Waals surface area contributed by atoms with Crippen molar-refractivity contribution in [3.05, 3.63) is 178 Å². The summed E-state index contributed by atoms with van der Waals surface area (Å²) in [6.45, 7) is 2.27. The molecule has 5 aromatic carbocycles. The average Bonchev–Trinajstić information content (AvgIpc) is 3.33. The van der Waals surface area contributed by atoms with Crippen LogP contribution in [0, 0.1) is 0 Å². The number of nitrogens with zero attached hydrogens (tertiary/aromatic N) is 1. The van der Waals surface area contributed by atoms with Gasteiger partial charge < -0.3 is 0 Å². The van der Waals surface area contributed by atoms with Crippen LogP contribution in [-0.4, -0.2) is 6.15 Å². The van der Waals surface area contributed by atoms with Gasteiger partial charge in [0.05, 0.1) is 44.5 Å². The highest BCUT2D eigenvalue weighted by Crippen LogP contribution is 2.41. The van der Waals surface area contributed by atoms with E-state index >= 15 is 0 Å². The van der Waals surface area contributed by atoms with E-state index in [9.17, 15) is 105 Å². The van der Waals surface area contributed by atoms with Gasteiger partial charge in [-0.1, -0.05) is 119 Å². The number of unbranched alkanes of at least 4 members (excludes halogenated alkanes) is 7. The topological polar surface area (TPSA) is 13.1 Å². The third-order valence-electron chi connectivity index (χ3n) is 12.6. The Bertz CT molecular complexity index is 2570. The maximum absolute atomic E-state index is 14.2. The van der Waals surface area contributed by atoms with Crippen LogP contribution in [0.1, 0.15) is 108 Å². The lowest BCUT2D eigenvalue weighted by Gasteiger charge is -2.46. The Hall–Kier alpha value is -6.57. The molecule has 0 radical (unpaired) electrons. The fraction of sp³-hybridized carbons (Fsp3) is 0.340. The number of hydrogen-bond donors (Lipinski definition) is 0. The van der Waals surface area contributed by atoms with Gasteiger partial charge in [-0.3, -0.25) is 0 Å². The van der Waals surface area contributed by atoms with Crippen molar-refractivity contribution >= 4 is 28.0 Å². The van der Waals surface area contributed by atoms with Crippen molar-refractivity contribution in [1.29, 1.82) is 0 Å². The Morgan fingerprint density at radius 3 is 0.825 bits per heavy atom. The highest BCUT2D eigenvalue weighted by molar-refractivity contribution is 7.20. The summed E-state index contributed by atoms with van der Waals surface area (Å²) >= 11 is 0. The molecular formula is C53H42BF24NO. The summed E-state index contributed by atoms with van der Waals surface area (Å²) < 4.78 is 343. The quantitative estimate of drug-likeness (QED) is 0.0432. The number of alkyl halides is 24. The Labute approximate surface area is 439 Å². The van der Waals surface area contributed by atoms with E-state index in [1.54, 1.807) is 4.73 Å². The molecule has 1 aromatic heterocycles. The van der Waals surface area contributed by atoms with Gasteiger partial charge in [-0.25, -0.2) is 4.84 Å². The van der Waals surface area contributed by atoms with E-state index in [4.69, 9.17) is 4.84 Å². The zero-order valence-corrected chi connectivity index (χ0v) is 41.0. The summed E-state index contributed by atoms with van der Waals surface area (Å²) in [5.74, 6) is 0.876. The molecule has 0 fully saturated rings. The van der Waals surface area contributed by atoms with Gasteiger partial charge >= 0.3 is 49.4 Å². The highest BCUT2D eigenvalue weighted by atomic mass is 19.4. The minimum absolute atomic E-state index is 0.691. The Kier molecular flexibility index (Phi) is 19.5. The molecule has 80 heavy (non-hydrogen) atoms. The first-order chi connectivity index (χ1) is 36.6. The van der Waals surface area contributed by atoms with Crippen molar-refractivity contribution in [3.8, 4) is 5.75 Å². The van der Waals surface area contributed by atoms with E-state index in [1.807, 2.05) is 30.6 Å². The van der Waals surface area contributed by atoms with Crippen molar-refractivity contribution in [2.24, 2.45) is 0 Å². The molecule has 0 atom stereocenters. The van der Waals surface area contributed by atoms with Crippen LogP contribution in [0.3, 0.4) is 0 Å². The minimum atomic E-state index is -6.13. The van der Waals surface area contributed by atoms with Crippen LogP contribution in [-0.2, 0) is 55.8 Å². The van der Waals surface area contributed by atoms with Crippen LogP contribution >= 0.6 is 0 Å². The van der Waals surface area contributed by atoms with Gasteiger partial charge in [-0.2, -0.15) is 127 Å². The molecule has 0 N–H and O–H groups in total. The van der Waals surface area contributed by atoms with Crippen LogP contribution in [0.25, 0.3) is 0 Å². The molecule has 0 amide bonds. The largest absolute Gasteiger partial charge is 0.416 e. The third-order valence-corrected chi connectivity index (χ3v) is 12.6. The molecule has 1 heterocycles. The molecule has 0 aliphatic carbocycles. The van der Waals surface area contributed by atoms with Gasteiger partial charge in [0.15, 0.2) is 0 Å². The first kappa shape index (κ1) is 64.3. The molecule has 0 unspecified atom stereocenters. The van der Waals surface area contributed by atoms with Gasteiger partial charge in [-0.15, -0.1) is 0 Å². The van der Waals surface area contributed by atoms with Gasteiger partial charge in [0.25, 0.3) is 0 Å². The fourth-order valence-electron chi connectivity index (χ4n) is 8.82. The summed E-state index contributed by atoms with van der Waals surface area (Å²) in [7, 11) is 0. The van der Waals surface area contributed by atoms with Gasteiger partial charge in [0, 0.05) is 16.9 Å². The molecule has 6 aromatic rings. The van der Waals surface area contributed by atoms with Gasteiger partial charge in [-0.05, 0) is 54.8 Å². The second-order valence-electron chi connectivity index (χ2n) is 18.4. The fourth-order valence-corrected chi connectivity index (χ4v) is 8.82. The molecule has 0 aliphatic rings. The second-order valence-corrected chi connectivity index (χ2v) is 18.4. The molecule has 0 spiro atoms. The molecule has 2 nitrogen and oxygen atoms in total. The van der Waals surface area contributed by atoms with Crippen molar-refractivity contribution in [2.45, 2.75) is 114 Å². The van der Waals surface area contributed by atoms with Gasteiger partial charge in [0.2, 0.25) is 18.1 Å². The van der Waals surface area contributed by atoms with E-state index in [-0.39, 0.29) is 0 Å². The predicted octanol–water partition coefficient (Wildman–Crippen LogP) is 16.7. The number of aromatic nitrogens is 1.